The molecule has 2 aromatic heterocycles. The molecule has 4 heterocycles. The summed E-state index contributed by atoms with van der Waals surface area (Å²) < 4.78 is 0. The van der Waals surface area contributed by atoms with Gasteiger partial charge in [-0.3, -0.25) is 4.79 Å². The number of nitrogen functional groups attached to an aromatic ring is 1. The second kappa shape index (κ2) is 8.11. The standard InChI is InChI=1S/C24H27N7O/c1-3-23(32)31-14-18-11-19(31)13-30(18)21-6-5-17(10-15(21)2)28-24-26-9-8-20(29-24)16-4-7-22(25)27-12-16/h4-10,12,18-19H,3,11,13-14H2,1-2H3,(H2,25,27)(H,26,28,29). The molecular formula is C24H27N7O. The molecule has 2 fully saturated rings. The molecule has 2 saturated heterocycles. The van der Waals surface area contributed by atoms with Gasteiger partial charge in [-0.2, -0.15) is 0 Å². The summed E-state index contributed by atoms with van der Waals surface area (Å²) in [6, 6.07) is 12.6. The van der Waals surface area contributed by atoms with Crippen LogP contribution in [-0.4, -0.2) is 50.9 Å². The first-order chi connectivity index (χ1) is 15.5. The van der Waals surface area contributed by atoms with E-state index < -0.39 is 0 Å². The van der Waals surface area contributed by atoms with Crippen molar-refractivity contribution in [2.75, 3.05) is 29.0 Å². The van der Waals surface area contributed by atoms with Gasteiger partial charge in [-0.1, -0.05) is 6.92 Å². The van der Waals surface area contributed by atoms with E-state index >= 15 is 0 Å². The summed E-state index contributed by atoms with van der Waals surface area (Å²) >= 11 is 0. The molecule has 2 atom stereocenters. The minimum atomic E-state index is 0.269. The van der Waals surface area contributed by atoms with Crippen LogP contribution in [0.3, 0.4) is 0 Å². The fraction of sp³-hybridized carbons (Fsp3) is 0.333. The second-order valence-electron chi connectivity index (χ2n) is 8.46. The third-order valence-corrected chi connectivity index (χ3v) is 6.36. The number of nitrogens with two attached hydrogens (primary N) is 1. The first-order valence-corrected chi connectivity index (χ1v) is 11.0. The van der Waals surface area contributed by atoms with Crippen molar-refractivity contribution in [1.82, 2.24) is 19.9 Å². The number of carbonyl (C=O) groups excluding carboxylic acids is 1. The molecule has 0 radical (unpaired) electrons. The maximum atomic E-state index is 12.1. The molecule has 2 unspecified atom stereocenters. The molecule has 0 aliphatic carbocycles. The number of aromatic nitrogens is 3. The Bertz CT molecular complexity index is 1150. The van der Waals surface area contributed by atoms with Crippen LogP contribution >= 0.6 is 0 Å². The van der Waals surface area contributed by atoms with Crippen LogP contribution in [0.15, 0.2) is 48.8 Å². The lowest BCUT2D eigenvalue weighted by Crippen LogP contribution is -2.48. The van der Waals surface area contributed by atoms with Gasteiger partial charge < -0.3 is 20.9 Å². The van der Waals surface area contributed by atoms with Crippen LogP contribution in [0.2, 0.25) is 0 Å². The first-order valence-electron chi connectivity index (χ1n) is 11.0. The summed E-state index contributed by atoms with van der Waals surface area (Å²) in [6.45, 7) is 5.80. The Morgan fingerprint density at radius 3 is 2.72 bits per heavy atom. The predicted molar refractivity (Wildman–Crippen MR) is 126 cm³/mol. The topological polar surface area (TPSA) is 100 Å². The number of piperazine rings is 1. The molecule has 2 bridgehead atoms. The number of pyridine rings is 1. The van der Waals surface area contributed by atoms with Crippen molar-refractivity contribution in [2.24, 2.45) is 0 Å². The van der Waals surface area contributed by atoms with E-state index in [0.29, 0.717) is 30.3 Å². The quantitative estimate of drug-likeness (QED) is 0.641. The van der Waals surface area contributed by atoms with Gasteiger partial charge in [0.15, 0.2) is 0 Å². The van der Waals surface area contributed by atoms with Crippen molar-refractivity contribution in [1.29, 1.82) is 0 Å². The highest BCUT2D eigenvalue weighted by Gasteiger charge is 2.45. The molecule has 8 heteroatoms. The number of hydrogen-bond donors (Lipinski definition) is 2. The lowest BCUT2D eigenvalue weighted by atomic mass is 10.1. The summed E-state index contributed by atoms with van der Waals surface area (Å²) in [7, 11) is 0. The summed E-state index contributed by atoms with van der Waals surface area (Å²) in [5.41, 5.74) is 10.7. The average molecular weight is 430 g/mol. The zero-order valence-electron chi connectivity index (χ0n) is 18.3. The van der Waals surface area contributed by atoms with Crippen LogP contribution in [0, 0.1) is 6.92 Å². The van der Waals surface area contributed by atoms with Gasteiger partial charge in [0, 0.05) is 54.9 Å². The monoisotopic (exact) mass is 429 g/mol. The van der Waals surface area contributed by atoms with Gasteiger partial charge >= 0.3 is 0 Å². The molecule has 32 heavy (non-hydrogen) atoms. The Morgan fingerprint density at radius 2 is 2.03 bits per heavy atom. The van der Waals surface area contributed by atoms with Crippen molar-refractivity contribution < 1.29 is 4.79 Å². The van der Waals surface area contributed by atoms with Crippen LogP contribution in [0.25, 0.3) is 11.3 Å². The number of rotatable bonds is 5. The number of benzene rings is 1. The molecular weight excluding hydrogens is 402 g/mol. The number of aryl methyl sites for hydroxylation is 1. The SMILES string of the molecule is CCC(=O)N1CC2CC1CN2c1ccc(Nc2nccc(-c3ccc(N)nc3)n2)cc1C. The van der Waals surface area contributed by atoms with E-state index in [1.165, 1.54) is 11.3 Å². The van der Waals surface area contributed by atoms with Crippen LogP contribution in [0.1, 0.15) is 25.3 Å². The number of carbonyl (C=O) groups is 1. The number of hydrogen-bond acceptors (Lipinski definition) is 7. The highest BCUT2D eigenvalue weighted by molar-refractivity contribution is 5.77. The van der Waals surface area contributed by atoms with Crippen molar-refractivity contribution in [3.63, 3.8) is 0 Å². The number of anilines is 4. The molecule has 0 spiro atoms. The Labute approximate surface area is 187 Å². The molecule has 1 amide bonds. The molecule has 8 nitrogen and oxygen atoms in total. The summed E-state index contributed by atoms with van der Waals surface area (Å²) in [5, 5.41) is 3.31. The summed E-state index contributed by atoms with van der Waals surface area (Å²) in [5.74, 6) is 1.28. The van der Waals surface area contributed by atoms with E-state index in [1.807, 2.05) is 19.1 Å². The van der Waals surface area contributed by atoms with Crippen molar-refractivity contribution in [3.05, 3.63) is 54.4 Å². The Morgan fingerprint density at radius 1 is 1.16 bits per heavy atom. The molecule has 5 rings (SSSR count). The second-order valence-corrected chi connectivity index (χ2v) is 8.46. The molecule has 164 valence electrons. The van der Waals surface area contributed by atoms with Crippen LogP contribution in [0.5, 0.6) is 0 Å². The van der Waals surface area contributed by atoms with Crippen LogP contribution < -0.4 is 16.0 Å². The van der Waals surface area contributed by atoms with Gasteiger partial charge in [0.25, 0.3) is 0 Å². The fourth-order valence-electron chi connectivity index (χ4n) is 4.79. The highest BCUT2D eigenvalue weighted by atomic mass is 16.2. The van der Waals surface area contributed by atoms with Gasteiger partial charge in [0.1, 0.15) is 5.82 Å². The number of amides is 1. The average Bonchev–Trinajstić information content (AvgIpc) is 3.40. The van der Waals surface area contributed by atoms with E-state index in [9.17, 15) is 4.79 Å². The summed E-state index contributed by atoms with van der Waals surface area (Å²) in [6.07, 6.45) is 5.08. The smallest absolute Gasteiger partial charge is 0.227 e. The van der Waals surface area contributed by atoms with Gasteiger partial charge in [0.2, 0.25) is 11.9 Å². The highest BCUT2D eigenvalue weighted by Crippen LogP contribution is 2.37. The lowest BCUT2D eigenvalue weighted by Gasteiger charge is -2.36. The molecule has 1 aromatic carbocycles. The van der Waals surface area contributed by atoms with Crippen molar-refractivity contribution >= 4 is 29.0 Å². The maximum absolute atomic E-state index is 12.1. The van der Waals surface area contributed by atoms with E-state index in [-0.39, 0.29) is 5.91 Å². The number of nitrogens with zero attached hydrogens (tertiary/aromatic N) is 5. The Balaban J connectivity index is 1.30. The molecule has 2 aliphatic rings. The third-order valence-electron chi connectivity index (χ3n) is 6.36. The fourth-order valence-corrected chi connectivity index (χ4v) is 4.79. The molecule has 2 aliphatic heterocycles. The number of nitrogens with one attached hydrogen (secondary N) is 1. The largest absolute Gasteiger partial charge is 0.384 e. The minimum absolute atomic E-state index is 0.269. The third kappa shape index (κ3) is 3.72. The maximum Gasteiger partial charge on any atom is 0.227 e. The zero-order valence-corrected chi connectivity index (χ0v) is 18.3. The zero-order chi connectivity index (χ0) is 22.2. The Kier molecular flexibility index (Phi) is 5.13. The molecule has 3 aromatic rings. The van der Waals surface area contributed by atoms with Crippen molar-refractivity contribution in [3.8, 4) is 11.3 Å². The van der Waals surface area contributed by atoms with Crippen LogP contribution in [0.4, 0.5) is 23.1 Å². The molecule has 0 saturated carbocycles. The number of fused-ring (bicyclic) bond motifs is 2. The first kappa shape index (κ1) is 20.2. The van der Waals surface area contributed by atoms with E-state index in [1.54, 1.807) is 18.5 Å². The van der Waals surface area contributed by atoms with E-state index in [2.05, 4.69) is 55.2 Å². The van der Waals surface area contributed by atoms with Crippen LogP contribution in [-0.2, 0) is 4.79 Å². The minimum Gasteiger partial charge on any atom is -0.384 e. The Hall–Kier alpha value is -3.68. The van der Waals surface area contributed by atoms with Gasteiger partial charge in [-0.15, -0.1) is 0 Å². The number of likely N-dealkylation sites (tertiary alicyclic amines) is 1. The normalized spacial score (nSPS) is 19.4. The van der Waals surface area contributed by atoms with Crippen molar-refractivity contribution in [2.45, 2.75) is 38.8 Å². The van der Waals surface area contributed by atoms with E-state index in [4.69, 9.17) is 5.73 Å². The van der Waals surface area contributed by atoms with E-state index in [0.717, 1.165) is 36.5 Å². The van der Waals surface area contributed by atoms with Gasteiger partial charge in [-0.05, 0) is 55.3 Å². The predicted octanol–water partition coefficient (Wildman–Crippen LogP) is 3.37. The molecule has 3 N–H and O–H groups in total. The van der Waals surface area contributed by atoms with Gasteiger partial charge in [-0.25, -0.2) is 15.0 Å². The lowest BCUT2D eigenvalue weighted by molar-refractivity contribution is -0.131. The van der Waals surface area contributed by atoms with Gasteiger partial charge in [0.05, 0.1) is 11.7 Å². The summed E-state index contributed by atoms with van der Waals surface area (Å²) in [4.78, 5) is 29.8.